The summed E-state index contributed by atoms with van der Waals surface area (Å²) >= 11 is 0. The number of carbonyl (C=O) groups excluding carboxylic acids is 2. The molecule has 0 saturated heterocycles. The van der Waals surface area contributed by atoms with Crippen molar-refractivity contribution in [1.29, 1.82) is 0 Å². The van der Waals surface area contributed by atoms with E-state index < -0.39 is 6.10 Å². The van der Waals surface area contributed by atoms with E-state index in [1.807, 2.05) is 0 Å². The number of aliphatic hydroxyl groups excluding tert-OH is 1. The molecule has 0 rings (SSSR count). The maximum absolute atomic E-state index is 12.2. The highest BCUT2D eigenvalue weighted by molar-refractivity contribution is 5.70. The Morgan fingerprint density at radius 1 is 0.460 bits per heavy atom. The van der Waals surface area contributed by atoms with Crippen LogP contribution in [-0.4, -0.2) is 36.4 Å². The normalized spacial score (nSPS) is 12.9. The Bertz CT molecular complexity index is 926. The van der Waals surface area contributed by atoms with Crippen LogP contribution in [0.5, 0.6) is 0 Å². The maximum atomic E-state index is 12.2. The van der Waals surface area contributed by atoms with Gasteiger partial charge < -0.3 is 14.6 Å². The first kappa shape index (κ1) is 47.3. The van der Waals surface area contributed by atoms with E-state index in [0.29, 0.717) is 19.3 Å². The number of hydrogen-bond acceptors (Lipinski definition) is 5. The van der Waals surface area contributed by atoms with Crippen molar-refractivity contribution in [2.75, 3.05) is 13.2 Å². The van der Waals surface area contributed by atoms with E-state index in [4.69, 9.17) is 9.47 Å². The van der Waals surface area contributed by atoms with Crippen LogP contribution in [0.15, 0.2) is 72.9 Å². The molecule has 286 valence electrons. The monoisotopic (exact) mass is 697 g/mol. The van der Waals surface area contributed by atoms with Crippen molar-refractivity contribution in [2.24, 2.45) is 0 Å². The van der Waals surface area contributed by atoms with Crippen LogP contribution in [-0.2, 0) is 19.1 Å². The quantitative estimate of drug-likeness (QED) is 0.0401. The summed E-state index contributed by atoms with van der Waals surface area (Å²) in [4.78, 5) is 24.3. The number of esters is 2. The largest absolute Gasteiger partial charge is 0.462 e. The van der Waals surface area contributed by atoms with Gasteiger partial charge in [0, 0.05) is 12.8 Å². The molecule has 5 nitrogen and oxygen atoms in total. The molecule has 0 heterocycles. The molecule has 0 aromatic heterocycles. The van der Waals surface area contributed by atoms with E-state index in [0.717, 1.165) is 51.4 Å². The van der Waals surface area contributed by atoms with E-state index in [1.54, 1.807) is 0 Å². The van der Waals surface area contributed by atoms with Gasteiger partial charge in [0.05, 0.1) is 6.61 Å². The Morgan fingerprint density at radius 2 is 0.820 bits per heavy atom. The molecule has 0 fully saturated rings. The summed E-state index contributed by atoms with van der Waals surface area (Å²) in [7, 11) is 0. The number of aliphatic hydroxyl groups is 1. The number of hydrogen-bond donors (Lipinski definition) is 1. The van der Waals surface area contributed by atoms with E-state index >= 15 is 0 Å². The summed E-state index contributed by atoms with van der Waals surface area (Å²) in [6.45, 7) is 4.02. The van der Waals surface area contributed by atoms with Crippen molar-refractivity contribution >= 4 is 11.9 Å². The second-order valence-corrected chi connectivity index (χ2v) is 13.4. The zero-order valence-corrected chi connectivity index (χ0v) is 32.4. The van der Waals surface area contributed by atoms with Gasteiger partial charge in [0.15, 0.2) is 6.10 Å². The second-order valence-electron chi connectivity index (χ2n) is 13.4. The third kappa shape index (κ3) is 38.1. The lowest BCUT2D eigenvalue weighted by atomic mass is 10.1. The van der Waals surface area contributed by atoms with Gasteiger partial charge in [0.2, 0.25) is 0 Å². The van der Waals surface area contributed by atoms with Crippen LogP contribution in [0.25, 0.3) is 0 Å². The molecule has 1 N–H and O–H groups in total. The standard InChI is InChI=1S/C45H76O5/c1-3-5-7-9-11-13-15-17-19-21-22-24-26-28-30-32-34-36-38-40-45(48)50-43(41-46)42-49-44(47)39-37-35-33-31-29-27-25-23-20-18-16-14-12-10-8-6-4-2/h11-14,17-20,25,27,31,33,43,46H,3-10,15-16,21-24,26,28-30,32,34-42H2,1-2H3/b13-11+,14-12+,19-17+,20-18+,27-25+,33-31+/t43-/m0/s1. The SMILES string of the molecule is CCCCC/C=C/C/C=C/C/C=C/C/C=C/CCCC(=O)OC[C@H](CO)OC(=O)CCCCCCCCCCC/C=C/C/C=C/CCCCC. The Morgan fingerprint density at radius 3 is 1.26 bits per heavy atom. The Kier molecular flexibility index (Phi) is 38.6. The summed E-state index contributed by atoms with van der Waals surface area (Å²) < 4.78 is 10.6. The Labute approximate surface area is 308 Å². The van der Waals surface area contributed by atoms with Crippen LogP contribution >= 0.6 is 0 Å². The van der Waals surface area contributed by atoms with Gasteiger partial charge in [-0.05, 0) is 83.5 Å². The van der Waals surface area contributed by atoms with Crippen LogP contribution in [0.3, 0.4) is 0 Å². The summed E-state index contributed by atoms with van der Waals surface area (Å²) in [5, 5.41) is 9.56. The highest BCUT2D eigenvalue weighted by Crippen LogP contribution is 2.13. The van der Waals surface area contributed by atoms with Gasteiger partial charge in [0.1, 0.15) is 6.61 Å². The zero-order chi connectivity index (χ0) is 36.4. The van der Waals surface area contributed by atoms with Gasteiger partial charge in [-0.3, -0.25) is 9.59 Å². The first-order chi connectivity index (χ1) is 24.6. The molecule has 0 aromatic rings. The van der Waals surface area contributed by atoms with Crippen molar-refractivity contribution < 1.29 is 24.2 Å². The molecule has 5 heteroatoms. The third-order valence-corrected chi connectivity index (χ3v) is 8.47. The molecular formula is C45H76O5. The van der Waals surface area contributed by atoms with E-state index in [-0.39, 0.29) is 25.2 Å². The Hall–Kier alpha value is -2.66. The minimum Gasteiger partial charge on any atom is -0.462 e. The second kappa shape index (κ2) is 40.8. The Balaban J connectivity index is 3.66. The van der Waals surface area contributed by atoms with Gasteiger partial charge in [-0.25, -0.2) is 0 Å². The topological polar surface area (TPSA) is 72.8 Å². The highest BCUT2D eigenvalue weighted by Gasteiger charge is 2.16. The average Bonchev–Trinajstić information content (AvgIpc) is 3.12. The van der Waals surface area contributed by atoms with E-state index in [2.05, 4.69) is 86.8 Å². The lowest BCUT2D eigenvalue weighted by Crippen LogP contribution is -2.28. The van der Waals surface area contributed by atoms with Crippen LogP contribution in [0.1, 0.15) is 181 Å². The maximum Gasteiger partial charge on any atom is 0.306 e. The molecule has 0 aliphatic rings. The van der Waals surface area contributed by atoms with Crippen molar-refractivity contribution in [3.8, 4) is 0 Å². The van der Waals surface area contributed by atoms with Crippen LogP contribution in [0, 0.1) is 0 Å². The molecule has 0 spiro atoms. The van der Waals surface area contributed by atoms with Crippen molar-refractivity contribution in [3.05, 3.63) is 72.9 Å². The van der Waals surface area contributed by atoms with E-state index in [1.165, 1.54) is 96.3 Å². The summed E-state index contributed by atoms with van der Waals surface area (Å²) in [5.41, 5.74) is 0. The van der Waals surface area contributed by atoms with Gasteiger partial charge in [-0.2, -0.15) is 0 Å². The molecule has 0 unspecified atom stereocenters. The lowest BCUT2D eigenvalue weighted by molar-refractivity contribution is -0.161. The first-order valence-electron chi connectivity index (χ1n) is 20.5. The van der Waals surface area contributed by atoms with Crippen LogP contribution in [0.4, 0.5) is 0 Å². The fourth-order valence-electron chi connectivity index (χ4n) is 5.34. The molecule has 0 radical (unpaired) electrons. The lowest BCUT2D eigenvalue weighted by Gasteiger charge is -2.15. The van der Waals surface area contributed by atoms with Crippen molar-refractivity contribution in [3.63, 3.8) is 0 Å². The van der Waals surface area contributed by atoms with Gasteiger partial charge in [0.25, 0.3) is 0 Å². The molecule has 1 atom stereocenters. The van der Waals surface area contributed by atoms with Crippen LogP contribution < -0.4 is 0 Å². The third-order valence-electron chi connectivity index (χ3n) is 8.47. The zero-order valence-electron chi connectivity index (χ0n) is 32.4. The molecule has 0 aliphatic heterocycles. The van der Waals surface area contributed by atoms with Gasteiger partial charge in [-0.15, -0.1) is 0 Å². The molecule has 0 aromatic carbocycles. The summed E-state index contributed by atoms with van der Waals surface area (Å²) in [6.07, 6.45) is 53.9. The fraction of sp³-hybridized carbons (Fsp3) is 0.689. The molecule has 50 heavy (non-hydrogen) atoms. The predicted octanol–water partition coefficient (Wildman–Crippen LogP) is 13.0. The van der Waals surface area contributed by atoms with Crippen molar-refractivity contribution in [1.82, 2.24) is 0 Å². The van der Waals surface area contributed by atoms with Crippen molar-refractivity contribution in [2.45, 2.75) is 187 Å². The molecular weight excluding hydrogens is 620 g/mol. The smallest absolute Gasteiger partial charge is 0.306 e. The molecule has 0 aliphatic carbocycles. The highest BCUT2D eigenvalue weighted by atomic mass is 16.6. The molecule has 0 bridgehead atoms. The number of unbranched alkanes of at least 4 members (excludes halogenated alkanes) is 16. The number of ether oxygens (including phenoxy) is 2. The number of rotatable bonds is 36. The number of allylic oxidation sites excluding steroid dienone is 12. The average molecular weight is 697 g/mol. The summed E-state index contributed by atoms with van der Waals surface area (Å²) in [5.74, 6) is -0.665. The first-order valence-corrected chi connectivity index (χ1v) is 20.5. The minimum atomic E-state index is -0.798. The van der Waals surface area contributed by atoms with Crippen LogP contribution in [0.2, 0.25) is 0 Å². The molecule has 0 saturated carbocycles. The van der Waals surface area contributed by atoms with Gasteiger partial charge in [-0.1, -0.05) is 157 Å². The fourth-order valence-corrected chi connectivity index (χ4v) is 5.34. The minimum absolute atomic E-state index is 0.0990. The van der Waals surface area contributed by atoms with Gasteiger partial charge >= 0.3 is 11.9 Å². The number of carbonyl (C=O) groups is 2. The van der Waals surface area contributed by atoms with E-state index in [9.17, 15) is 14.7 Å². The summed E-state index contributed by atoms with van der Waals surface area (Å²) in [6, 6.07) is 0. The molecule has 0 amide bonds. The predicted molar refractivity (Wildman–Crippen MR) is 214 cm³/mol.